The summed E-state index contributed by atoms with van der Waals surface area (Å²) in [5.74, 6) is -0.460. The van der Waals surface area contributed by atoms with E-state index in [1.165, 1.54) is 47.6 Å². The molecular weight excluding hydrogens is 383 g/mol. The SMILES string of the molecule is COc1ccc(-c2csc(NC(=O)C(C)Sc3nncs3)n2)cc1F. The largest absolute Gasteiger partial charge is 0.494 e. The minimum Gasteiger partial charge on any atom is -0.494 e. The number of carbonyl (C=O) groups is 1. The highest BCUT2D eigenvalue weighted by atomic mass is 32.2. The van der Waals surface area contributed by atoms with Gasteiger partial charge in [0.05, 0.1) is 18.1 Å². The molecule has 1 atom stereocenters. The molecule has 3 aromatic rings. The number of carbonyl (C=O) groups excluding carboxylic acids is 1. The first-order valence-corrected chi connectivity index (χ1v) is 9.74. The molecule has 3 rings (SSSR count). The van der Waals surface area contributed by atoms with E-state index in [9.17, 15) is 9.18 Å². The third-order valence-corrected chi connectivity index (χ3v) is 5.84. The van der Waals surface area contributed by atoms with Crippen LogP contribution in [0.15, 0.2) is 33.4 Å². The molecule has 6 nitrogen and oxygen atoms in total. The molecule has 0 spiro atoms. The van der Waals surface area contributed by atoms with Gasteiger partial charge >= 0.3 is 0 Å². The second-order valence-electron chi connectivity index (χ2n) is 4.84. The molecule has 1 aromatic carbocycles. The average Bonchev–Trinajstić information content (AvgIpc) is 3.26. The van der Waals surface area contributed by atoms with E-state index in [4.69, 9.17) is 4.74 Å². The Morgan fingerprint density at radius 1 is 1.40 bits per heavy atom. The van der Waals surface area contributed by atoms with Crippen LogP contribution in [0.5, 0.6) is 5.75 Å². The molecule has 1 amide bonds. The van der Waals surface area contributed by atoms with Gasteiger partial charge in [-0.2, -0.15) is 0 Å². The Morgan fingerprint density at radius 2 is 2.24 bits per heavy atom. The Balaban J connectivity index is 1.67. The van der Waals surface area contributed by atoms with Crippen LogP contribution in [-0.4, -0.2) is 33.4 Å². The first kappa shape index (κ1) is 17.8. The van der Waals surface area contributed by atoms with Crippen LogP contribution < -0.4 is 10.1 Å². The second kappa shape index (κ2) is 7.89. The van der Waals surface area contributed by atoms with Gasteiger partial charge in [0.1, 0.15) is 5.51 Å². The minimum absolute atomic E-state index is 0.176. The van der Waals surface area contributed by atoms with Crippen molar-refractivity contribution >= 4 is 45.5 Å². The lowest BCUT2D eigenvalue weighted by atomic mass is 10.1. The number of amides is 1. The molecular formula is C15H13FN4O2S3. The molecule has 1 N–H and O–H groups in total. The Kier molecular flexibility index (Phi) is 5.61. The minimum atomic E-state index is -0.458. The zero-order valence-corrected chi connectivity index (χ0v) is 15.7. The highest BCUT2D eigenvalue weighted by molar-refractivity contribution is 8.02. The molecule has 0 saturated carbocycles. The molecule has 10 heteroatoms. The summed E-state index contributed by atoms with van der Waals surface area (Å²) >= 11 is 4.00. The fourth-order valence-corrected chi connectivity index (χ4v) is 4.26. The zero-order chi connectivity index (χ0) is 17.8. The van der Waals surface area contributed by atoms with Crippen molar-refractivity contribution in [3.8, 4) is 17.0 Å². The number of nitrogens with one attached hydrogen (secondary N) is 1. The Labute approximate surface area is 155 Å². The van der Waals surface area contributed by atoms with Crippen molar-refractivity contribution in [3.05, 3.63) is 34.9 Å². The second-order valence-corrected chi connectivity index (χ2v) is 8.12. The molecule has 0 aliphatic heterocycles. The van der Waals surface area contributed by atoms with Crippen LogP contribution in [-0.2, 0) is 4.79 Å². The van der Waals surface area contributed by atoms with E-state index in [2.05, 4.69) is 20.5 Å². The van der Waals surface area contributed by atoms with Crippen molar-refractivity contribution in [2.75, 3.05) is 12.4 Å². The summed E-state index contributed by atoms with van der Waals surface area (Å²) in [6, 6.07) is 4.62. The zero-order valence-electron chi connectivity index (χ0n) is 13.2. The van der Waals surface area contributed by atoms with Crippen LogP contribution in [0.25, 0.3) is 11.3 Å². The number of anilines is 1. The number of thioether (sulfide) groups is 1. The lowest BCUT2D eigenvalue weighted by Gasteiger charge is -2.07. The van der Waals surface area contributed by atoms with Crippen molar-refractivity contribution < 1.29 is 13.9 Å². The van der Waals surface area contributed by atoms with Crippen LogP contribution in [0.2, 0.25) is 0 Å². The Bertz CT molecular complexity index is 870. The number of aromatic nitrogens is 3. The van der Waals surface area contributed by atoms with E-state index in [1.54, 1.807) is 29.9 Å². The highest BCUT2D eigenvalue weighted by Gasteiger charge is 2.18. The molecule has 0 radical (unpaired) electrons. The summed E-state index contributed by atoms with van der Waals surface area (Å²) in [7, 11) is 1.41. The van der Waals surface area contributed by atoms with Gasteiger partial charge in [0.2, 0.25) is 5.91 Å². The van der Waals surface area contributed by atoms with E-state index in [1.807, 2.05) is 0 Å². The van der Waals surface area contributed by atoms with E-state index in [0.717, 1.165) is 4.34 Å². The maximum absolute atomic E-state index is 13.8. The van der Waals surface area contributed by atoms with Gasteiger partial charge in [0.15, 0.2) is 21.0 Å². The van der Waals surface area contributed by atoms with Crippen LogP contribution in [0, 0.1) is 5.82 Å². The number of thiazole rings is 1. The highest BCUT2D eigenvalue weighted by Crippen LogP contribution is 2.29. The van der Waals surface area contributed by atoms with Crippen LogP contribution in [0.4, 0.5) is 9.52 Å². The number of hydrogen-bond acceptors (Lipinski definition) is 8. The molecule has 130 valence electrons. The molecule has 2 heterocycles. The first-order chi connectivity index (χ1) is 12.1. The van der Waals surface area contributed by atoms with Gasteiger partial charge in [-0.05, 0) is 25.1 Å². The predicted octanol–water partition coefficient (Wildman–Crippen LogP) is 3.93. The van der Waals surface area contributed by atoms with E-state index >= 15 is 0 Å². The number of hydrogen-bond donors (Lipinski definition) is 1. The first-order valence-electron chi connectivity index (χ1n) is 7.10. The van der Waals surface area contributed by atoms with Crippen LogP contribution >= 0.6 is 34.4 Å². The lowest BCUT2D eigenvalue weighted by Crippen LogP contribution is -2.22. The summed E-state index contributed by atoms with van der Waals surface area (Å²) < 4.78 is 19.4. The molecule has 1 unspecified atom stereocenters. The van der Waals surface area contributed by atoms with Gasteiger partial charge in [-0.3, -0.25) is 4.79 Å². The summed E-state index contributed by atoms with van der Waals surface area (Å²) in [4.78, 5) is 16.6. The molecule has 25 heavy (non-hydrogen) atoms. The van der Waals surface area contributed by atoms with Crippen molar-refractivity contribution in [2.45, 2.75) is 16.5 Å². The summed E-state index contributed by atoms with van der Waals surface area (Å²) in [6.45, 7) is 1.79. The number of methoxy groups -OCH3 is 1. The van der Waals surface area contributed by atoms with Gasteiger partial charge < -0.3 is 10.1 Å². The Hall–Kier alpha value is -2.04. The number of benzene rings is 1. The van der Waals surface area contributed by atoms with Gasteiger partial charge in [-0.1, -0.05) is 23.1 Å². The molecule has 0 fully saturated rings. The third kappa shape index (κ3) is 4.33. The predicted molar refractivity (Wildman–Crippen MR) is 97.9 cm³/mol. The van der Waals surface area contributed by atoms with Crippen LogP contribution in [0.1, 0.15) is 6.92 Å². The number of rotatable bonds is 6. The maximum Gasteiger partial charge on any atom is 0.239 e. The number of halogens is 1. The third-order valence-electron chi connectivity index (χ3n) is 3.17. The molecule has 0 bridgehead atoms. The van der Waals surface area contributed by atoms with E-state index in [-0.39, 0.29) is 16.9 Å². The van der Waals surface area contributed by atoms with Crippen LogP contribution in [0.3, 0.4) is 0 Å². The molecule has 0 aliphatic rings. The average molecular weight is 396 g/mol. The van der Waals surface area contributed by atoms with Crippen molar-refractivity contribution in [1.29, 1.82) is 0 Å². The fourth-order valence-electron chi connectivity index (χ4n) is 1.92. The molecule has 0 saturated heterocycles. The summed E-state index contributed by atoms with van der Waals surface area (Å²) in [5, 5.41) is 12.3. The van der Waals surface area contributed by atoms with Crippen molar-refractivity contribution in [3.63, 3.8) is 0 Å². The Morgan fingerprint density at radius 3 is 2.92 bits per heavy atom. The van der Waals surface area contributed by atoms with Gasteiger partial charge in [-0.15, -0.1) is 21.5 Å². The molecule has 2 aromatic heterocycles. The number of nitrogens with zero attached hydrogens (tertiary/aromatic N) is 3. The smallest absolute Gasteiger partial charge is 0.239 e. The fraction of sp³-hybridized carbons (Fsp3) is 0.200. The summed E-state index contributed by atoms with van der Waals surface area (Å²) in [5.41, 5.74) is 2.83. The summed E-state index contributed by atoms with van der Waals surface area (Å²) in [6.07, 6.45) is 0. The maximum atomic E-state index is 13.8. The quantitative estimate of drug-likeness (QED) is 0.636. The monoisotopic (exact) mass is 396 g/mol. The van der Waals surface area contributed by atoms with Crippen molar-refractivity contribution in [2.24, 2.45) is 0 Å². The van der Waals surface area contributed by atoms with Gasteiger partial charge in [0, 0.05) is 10.9 Å². The van der Waals surface area contributed by atoms with Gasteiger partial charge in [-0.25, -0.2) is 9.37 Å². The normalized spacial score (nSPS) is 12.0. The number of ether oxygens (including phenoxy) is 1. The van der Waals surface area contributed by atoms with E-state index < -0.39 is 5.82 Å². The van der Waals surface area contributed by atoms with Crippen molar-refractivity contribution in [1.82, 2.24) is 15.2 Å². The van der Waals surface area contributed by atoms with Gasteiger partial charge in [0.25, 0.3) is 0 Å². The standard InChI is InChI=1S/C15H13FN4O2S3/c1-8(25-15-20-17-7-24-15)13(21)19-14-18-11(6-23-14)9-3-4-12(22-2)10(16)5-9/h3-8H,1-2H3,(H,18,19,21). The lowest BCUT2D eigenvalue weighted by molar-refractivity contribution is -0.115. The van der Waals surface area contributed by atoms with E-state index in [0.29, 0.717) is 16.4 Å². The molecule has 0 aliphatic carbocycles. The topological polar surface area (TPSA) is 77.0 Å².